The van der Waals surface area contributed by atoms with Crippen LogP contribution < -0.4 is 5.73 Å². The average Bonchev–Trinajstić information content (AvgIpc) is 2.85. The van der Waals surface area contributed by atoms with Gasteiger partial charge in [-0.05, 0) is 25.0 Å². The van der Waals surface area contributed by atoms with Crippen molar-refractivity contribution < 1.29 is 4.52 Å². The molecule has 2 N–H and O–H groups in total. The standard InChI is InChI=1S/C14H18N4O/c15-14(7-3-1-2-4-8-14)13-17-12(19-18-13)11-6-5-9-16-10-11/h5-6,9-10H,1-4,7-8,15H2. The SMILES string of the molecule is NC1(c2noc(-c3cccnc3)n2)CCCCCC1. The van der Waals surface area contributed by atoms with Gasteiger partial charge in [0, 0.05) is 12.4 Å². The maximum absolute atomic E-state index is 6.47. The second-order valence-corrected chi connectivity index (χ2v) is 5.24. The van der Waals surface area contributed by atoms with Crippen molar-refractivity contribution in [3.63, 3.8) is 0 Å². The van der Waals surface area contributed by atoms with Crippen molar-refractivity contribution in [1.29, 1.82) is 0 Å². The van der Waals surface area contributed by atoms with Crippen LogP contribution in [0.5, 0.6) is 0 Å². The van der Waals surface area contributed by atoms with E-state index in [0.29, 0.717) is 11.7 Å². The van der Waals surface area contributed by atoms with Gasteiger partial charge in [-0.2, -0.15) is 4.98 Å². The van der Waals surface area contributed by atoms with E-state index in [1.54, 1.807) is 12.4 Å². The number of pyridine rings is 1. The maximum atomic E-state index is 6.47. The molecule has 0 spiro atoms. The summed E-state index contributed by atoms with van der Waals surface area (Å²) in [6, 6.07) is 3.75. The Labute approximate surface area is 112 Å². The fourth-order valence-electron chi connectivity index (χ4n) is 2.62. The predicted molar refractivity (Wildman–Crippen MR) is 71.1 cm³/mol. The van der Waals surface area contributed by atoms with Crippen molar-refractivity contribution in [2.24, 2.45) is 5.73 Å². The third kappa shape index (κ3) is 2.51. The summed E-state index contributed by atoms with van der Waals surface area (Å²) in [6.45, 7) is 0. The zero-order valence-corrected chi connectivity index (χ0v) is 10.9. The molecule has 0 bridgehead atoms. The molecule has 1 aliphatic rings. The van der Waals surface area contributed by atoms with Crippen LogP contribution in [0.3, 0.4) is 0 Å². The normalized spacial score (nSPS) is 19.0. The summed E-state index contributed by atoms with van der Waals surface area (Å²) < 4.78 is 5.33. The van der Waals surface area contributed by atoms with E-state index in [2.05, 4.69) is 15.1 Å². The van der Waals surface area contributed by atoms with Gasteiger partial charge in [0.1, 0.15) is 0 Å². The first-order chi connectivity index (χ1) is 9.28. The highest BCUT2D eigenvalue weighted by atomic mass is 16.5. The Hall–Kier alpha value is -1.75. The van der Waals surface area contributed by atoms with Gasteiger partial charge in [-0.15, -0.1) is 0 Å². The third-order valence-corrected chi connectivity index (χ3v) is 3.78. The quantitative estimate of drug-likeness (QED) is 0.838. The zero-order chi connectivity index (χ0) is 13.1. The average molecular weight is 258 g/mol. The second-order valence-electron chi connectivity index (χ2n) is 5.24. The predicted octanol–water partition coefficient (Wildman–Crippen LogP) is 2.64. The van der Waals surface area contributed by atoms with Gasteiger partial charge >= 0.3 is 0 Å². The van der Waals surface area contributed by atoms with E-state index in [4.69, 9.17) is 10.3 Å². The van der Waals surface area contributed by atoms with Gasteiger partial charge in [0.25, 0.3) is 5.89 Å². The summed E-state index contributed by atoms with van der Waals surface area (Å²) in [5, 5.41) is 4.09. The summed E-state index contributed by atoms with van der Waals surface area (Å²) in [5.41, 5.74) is 6.87. The van der Waals surface area contributed by atoms with E-state index in [0.717, 1.165) is 31.2 Å². The minimum atomic E-state index is -0.430. The van der Waals surface area contributed by atoms with Crippen LogP contribution in [0.4, 0.5) is 0 Å². The number of hydrogen-bond donors (Lipinski definition) is 1. The van der Waals surface area contributed by atoms with Gasteiger partial charge in [-0.25, -0.2) is 0 Å². The largest absolute Gasteiger partial charge is 0.334 e. The smallest absolute Gasteiger partial charge is 0.259 e. The molecule has 0 amide bonds. The lowest BCUT2D eigenvalue weighted by Crippen LogP contribution is -2.37. The molecular formula is C14H18N4O. The lowest BCUT2D eigenvalue weighted by Gasteiger charge is -2.23. The van der Waals surface area contributed by atoms with E-state index in [9.17, 15) is 0 Å². The molecule has 0 atom stereocenters. The molecule has 0 radical (unpaired) electrons. The molecule has 0 saturated heterocycles. The monoisotopic (exact) mass is 258 g/mol. The van der Waals surface area contributed by atoms with Gasteiger partial charge in [0.05, 0.1) is 11.1 Å². The summed E-state index contributed by atoms with van der Waals surface area (Å²) in [6.07, 6.45) is 10.0. The van der Waals surface area contributed by atoms with Crippen LogP contribution in [0.15, 0.2) is 29.0 Å². The minimum absolute atomic E-state index is 0.430. The number of nitrogens with zero attached hydrogens (tertiary/aromatic N) is 3. The van der Waals surface area contributed by atoms with Crippen molar-refractivity contribution in [2.75, 3.05) is 0 Å². The van der Waals surface area contributed by atoms with E-state index < -0.39 is 5.54 Å². The lowest BCUT2D eigenvalue weighted by atomic mass is 9.91. The Balaban J connectivity index is 1.88. The molecule has 3 rings (SSSR count). The van der Waals surface area contributed by atoms with Gasteiger partial charge < -0.3 is 10.3 Å². The first kappa shape index (κ1) is 12.3. The van der Waals surface area contributed by atoms with E-state index in [-0.39, 0.29) is 0 Å². The van der Waals surface area contributed by atoms with Crippen molar-refractivity contribution in [3.05, 3.63) is 30.4 Å². The molecule has 1 fully saturated rings. The molecule has 0 aliphatic heterocycles. The highest BCUT2D eigenvalue weighted by Gasteiger charge is 2.33. The number of rotatable bonds is 2. The maximum Gasteiger partial charge on any atom is 0.259 e. The summed E-state index contributed by atoms with van der Waals surface area (Å²) in [5.74, 6) is 1.13. The minimum Gasteiger partial charge on any atom is -0.334 e. The Morgan fingerprint density at radius 3 is 2.63 bits per heavy atom. The third-order valence-electron chi connectivity index (χ3n) is 3.78. The molecule has 100 valence electrons. The molecular weight excluding hydrogens is 240 g/mol. The van der Waals surface area contributed by atoms with Gasteiger partial charge in [0.15, 0.2) is 5.82 Å². The number of hydrogen-bond acceptors (Lipinski definition) is 5. The van der Waals surface area contributed by atoms with Crippen LogP contribution in [0, 0.1) is 0 Å². The van der Waals surface area contributed by atoms with E-state index in [1.165, 1.54) is 12.8 Å². The second kappa shape index (κ2) is 5.09. The Bertz CT molecular complexity index is 529. The molecule has 5 nitrogen and oxygen atoms in total. The fraction of sp³-hybridized carbons (Fsp3) is 0.500. The van der Waals surface area contributed by atoms with Crippen LogP contribution >= 0.6 is 0 Å². The Morgan fingerprint density at radius 1 is 1.16 bits per heavy atom. The van der Waals surface area contributed by atoms with Gasteiger partial charge in [-0.1, -0.05) is 30.8 Å². The lowest BCUT2D eigenvalue weighted by molar-refractivity contribution is 0.334. The highest BCUT2D eigenvalue weighted by Crippen LogP contribution is 2.32. The van der Waals surface area contributed by atoms with E-state index in [1.807, 2.05) is 12.1 Å². The number of aromatic nitrogens is 3. The molecule has 5 heteroatoms. The van der Waals surface area contributed by atoms with Crippen LogP contribution in [0.2, 0.25) is 0 Å². The van der Waals surface area contributed by atoms with Crippen LogP contribution in [0.1, 0.15) is 44.3 Å². The van der Waals surface area contributed by atoms with Crippen LogP contribution in [0.25, 0.3) is 11.5 Å². The van der Waals surface area contributed by atoms with Crippen molar-refractivity contribution in [3.8, 4) is 11.5 Å². The highest BCUT2D eigenvalue weighted by molar-refractivity contribution is 5.50. The van der Waals surface area contributed by atoms with Crippen molar-refractivity contribution >= 4 is 0 Å². The molecule has 0 aromatic carbocycles. The first-order valence-electron chi connectivity index (χ1n) is 6.81. The Kier molecular flexibility index (Phi) is 3.29. The molecule has 0 unspecified atom stereocenters. The number of nitrogens with two attached hydrogens (primary N) is 1. The first-order valence-corrected chi connectivity index (χ1v) is 6.81. The molecule has 1 saturated carbocycles. The van der Waals surface area contributed by atoms with Crippen LogP contribution in [-0.4, -0.2) is 15.1 Å². The summed E-state index contributed by atoms with van der Waals surface area (Å²) >= 11 is 0. The molecule has 19 heavy (non-hydrogen) atoms. The summed E-state index contributed by atoms with van der Waals surface area (Å²) in [7, 11) is 0. The van der Waals surface area contributed by atoms with Crippen molar-refractivity contribution in [1.82, 2.24) is 15.1 Å². The van der Waals surface area contributed by atoms with E-state index >= 15 is 0 Å². The summed E-state index contributed by atoms with van der Waals surface area (Å²) in [4.78, 5) is 8.53. The molecule has 1 aliphatic carbocycles. The molecule has 2 aromatic heterocycles. The van der Waals surface area contributed by atoms with Crippen LogP contribution in [-0.2, 0) is 5.54 Å². The molecule has 2 aromatic rings. The topological polar surface area (TPSA) is 77.8 Å². The van der Waals surface area contributed by atoms with Gasteiger partial charge in [0.2, 0.25) is 0 Å². The van der Waals surface area contributed by atoms with Crippen molar-refractivity contribution in [2.45, 2.75) is 44.1 Å². The van der Waals surface area contributed by atoms with Gasteiger partial charge in [-0.3, -0.25) is 4.98 Å². The molecule has 2 heterocycles. The zero-order valence-electron chi connectivity index (χ0n) is 10.9. The fourth-order valence-corrected chi connectivity index (χ4v) is 2.62. The Morgan fingerprint density at radius 2 is 1.95 bits per heavy atom.